The number of anilines is 1. The molecule has 0 amide bonds. The van der Waals surface area contributed by atoms with Gasteiger partial charge >= 0.3 is 0 Å². The van der Waals surface area contributed by atoms with Crippen LogP contribution in [0.15, 0.2) is 41.3 Å². The highest BCUT2D eigenvalue weighted by Gasteiger charge is 2.14. The number of aromatic nitrogens is 2. The smallest absolute Gasteiger partial charge is 0.223 e. The summed E-state index contributed by atoms with van der Waals surface area (Å²) in [6, 6.07) is 5.41. The van der Waals surface area contributed by atoms with E-state index in [0.29, 0.717) is 12.6 Å². The zero-order valence-corrected chi connectivity index (χ0v) is 8.96. The maximum atomic E-state index is 5.32. The van der Waals surface area contributed by atoms with Gasteiger partial charge < -0.3 is 14.5 Å². The minimum atomic E-state index is -0.0811. The van der Waals surface area contributed by atoms with E-state index >= 15 is 0 Å². The Labute approximate surface area is 93.5 Å². The van der Waals surface area contributed by atoms with Crippen molar-refractivity contribution in [3.63, 3.8) is 0 Å². The lowest BCUT2D eigenvalue weighted by Gasteiger charge is -2.15. The van der Waals surface area contributed by atoms with E-state index in [1.807, 2.05) is 12.1 Å². The molecule has 0 spiro atoms. The van der Waals surface area contributed by atoms with Gasteiger partial charge in [0.05, 0.1) is 12.9 Å². The average Bonchev–Trinajstić information content (AvgIpc) is 2.83. The van der Waals surface area contributed by atoms with Crippen LogP contribution in [0.3, 0.4) is 0 Å². The molecule has 0 radical (unpaired) electrons. The van der Waals surface area contributed by atoms with E-state index in [0.717, 1.165) is 5.76 Å². The third-order valence-electron chi connectivity index (χ3n) is 2.09. The van der Waals surface area contributed by atoms with Crippen molar-refractivity contribution in [3.05, 3.63) is 42.6 Å². The Morgan fingerprint density at radius 3 is 2.81 bits per heavy atom. The minimum absolute atomic E-state index is 0.0811. The molecule has 0 aliphatic carbocycles. The highest BCUT2D eigenvalue weighted by molar-refractivity contribution is 5.27. The maximum Gasteiger partial charge on any atom is 0.223 e. The van der Waals surface area contributed by atoms with Crippen LogP contribution in [0.2, 0.25) is 0 Å². The number of nitrogens with one attached hydrogen (secondary N) is 1. The van der Waals surface area contributed by atoms with Crippen molar-refractivity contribution < 1.29 is 9.15 Å². The summed E-state index contributed by atoms with van der Waals surface area (Å²) in [4.78, 5) is 8.18. The van der Waals surface area contributed by atoms with Crippen molar-refractivity contribution in [1.29, 1.82) is 0 Å². The van der Waals surface area contributed by atoms with Crippen molar-refractivity contribution in [2.75, 3.05) is 19.0 Å². The third-order valence-corrected chi connectivity index (χ3v) is 2.09. The lowest BCUT2D eigenvalue weighted by Crippen LogP contribution is -2.17. The lowest BCUT2D eigenvalue weighted by molar-refractivity contribution is 0.178. The fourth-order valence-corrected chi connectivity index (χ4v) is 1.38. The molecule has 16 heavy (non-hydrogen) atoms. The van der Waals surface area contributed by atoms with Crippen LogP contribution in [0.5, 0.6) is 0 Å². The quantitative estimate of drug-likeness (QED) is 0.831. The van der Waals surface area contributed by atoms with Gasteiger partial charge in [0.25, 0.3) is 0 Å². The van der Waals surface area contributed by atoms with Gasteiger partial charge in [-0.3, -0.25) is 0 Å². The van der Waals surface area contributed by atoms with Crippen LogP contribution in [-0.4, -0.2) is 23.7 Å². The van der Waals surface area contributed by atoms with Crippen LogP contribution in [0.4, 0.5) is 5.95 Å². The van der Waals surface area contributed by atoms with Crippen LogP contribution in [0.1, 0.15) is 11.8 Å². The Morgan fingerprint density at radius 1 is 1.38 bits per heavy atom. The molecular formula is C11H13N3O2. The van der Waals surface area contributed by atoms with Crippen LogP contribution < -0.4 is 5.32 Å². The SMILES string of the molecule is COCC(Nc1ncccn1)c1ccco1. The molecule has 0 saturated carbocycles. The molecule has 84 valence electrons. The maximum absolute atomic E-state index is 5.32. The summed E-state index contributed by atoms with van der Waals surface area (Å²) >= 11 is 0. The predicted octanol–water partition coefficient (Wildman–Crippen LogP) is 1.87. The van der Waals surface area contributed by atoms with Gasteiger partial charge in [0, 0.05) is 19.5 Å². The monoisotopic (exact) mass is 219 g/mol. The molecule has 0 bridgehead atoms. The van der Waals surface area contributed by atoms with Gasteiger partial charge in [-0.15, -0.1) is 0 Å². The number of nitrogens with zero attached hydrogens (tertiary/aromatic N) is 2. The highest BCUT2D eigenvalue weighted by Crippen LogP contribution is 2.17. The molecule has 0 saturated heterocycles. The molecule has 0 aliphatic heterocycles. The zero-order valence-electron chi connectivity index (χ0n) is 8.96. The van der Waals surface area contributed by atoms with Crippen molar-refractivity contribution in [2.45, 2.75) is 6.04 Å². The molecule has 0 fully saturated rings. The second-order valence-corrected chi connectivity index (χ2v) is 3.24. The standard InChI is InChI=1S/C11H13N3O2/c1-15-8-9(10-4-2-7-16-10)14-11-12-5-3-6-13-11/h2-7,9H,8H2,1H3,(H,12,13,14). The molecule has 2 aromatic heterocycles. The van der Waals surface area contributed by atoms with Crippen LogP contribution in [0, 0.1) is 0 Å². The summed E-state index contributed by atoms with van der Waals surface area (Å²) in [6.45, 7) is 0.492. The van der Waals surface area contributed by atoms with Crippen LogP contribution in [-0.2, 0) is 4.74 Å². The van der Waals surface area contributed by atoms with Gasteiger partial charge in [-0.2, -0.15) is 0 Å². The van der Waals surface area contributed by atoms with Crippen molar-refractivity contribution in [3.8, 4) is 0 Å². The number of hydrogen-bond acceptors (Lipinski definition) is 5. The first-order valence-corrected chi connectivity index (χ1v) is 4.96. The summed E-state index contributed by atoms with van der Waals surface area (Å²) in [7, 11) is 1.64. The van der Waals surface area contributed by atoms with Gasteiger partial charge in [-0.25, -0.2) is 9.97 Å². The molecule has 0 aliphatic rings. The number of rotatable bonds is 5. The van der Waals surface area contributed by atoms with E-state index in [1.165, 1.54) is 0 Å². The molecule has 2 heterocycles. The van der Waals surface area contributed by atoms with Gasteiger partial charge in [-0.05, 0) is 18.2 Å². The number of ether oxygens (including phenoxy) is 1. The predicted molar refractivity (Wildman–Crippen MR) is 59.0 cm³/mol. The zero-order chi connectivity index (χ0) is 11.2. The van der Waals surface area contributed by atoms with Crippen molar-refractivity contribution in [2.24, 2.45) is 0 Å². The molecular weight excluding hydrogens is 206 g/mol. The second kappa shape index (κ2) is 5.27. The summed E-state index contributed by atoms with van der Waals surface area (Å²) in [5.74, 6) is 1.36. The summed E-state index contributed by atoms with van der Waals surface area (Å²) in [6.07, 6.45) is 4.99. The highest BCUT2D eigenvalue weighted by atomic mass is 16.5. The molecule has 0 aromatic carbocycles. The second-order valence-electron chi connectivity index (χ2n) is 3.24. The topological polar surface area (TPSA) is 60.2 Å². The first kappa shape index (κ1) is 10.6. The van der Waals surface area contributed by atoms with E-state index in [-0.39, 0.29) is 6.04 Å². The van der Waals surface area contributed by atoms with Gasteiger partial charge in [-0.1, -0.05) is 0 Å². The molecule has 2 aromatic rings. The van der Waals surface area contributed by atoms with Gasteiger partial charge in [0.15, 0.2) is 0 Å². The molecule has 1 unspecified atom stereocenters. The Morgan fingerprint density at radius 2 is 2.19 bits per heavy atom. The third kappa shape index (κ3) is 2.58. The Hall–Kier alpha value is -1.88. The van der Waals surface area contributed by atoms with Crippen molar-refractivity contribution in [1.82, 2.24) is 9.97 Å². The molecule has 1 N–H and O–H groups in total. The van der Waals surface area contributed by atoms with E-state index in [1.54, 1.807) is 31.8 Å². The minimum Gasteiger partial charge on any atom is -0.467 e. The van der Waals surface area contributed by atoms with E-state index < -0.39 is 0 Å². The average molecular weight is 219 g/mol. The normalized spacial score (nSPS) is 12.3. The molecule has 5 heteroatoms. The summed E-state index contributed by atoms with van der Waals surface area (Å²) in [5.41, 5.74) is 0. The van der Waals surface area contributed by atoms with Crippen LogP contribution in [0.25, 0.3) is 0 Å². The largest absolute Gasteiger partial charge is 0.467 e. The fourth-order valence-electron chi connectivity index (χ4n) is 1.38. The van der Waals surface area contributed by atoms with Crippen LogP contribution >= 0.6 is 0 Å². The Bertz CT molecular complexity index is 402. The Kier molecular flexibility index (Phi) is 3.50. The van der Waals surface area contributed by atoms with Crippen molar-refractivity contribution >= 4 is 5.95 Å². The number of methoxy groups -OCH3 is 1. The first-order chi connectivity index (χ1) is 7.90. The van der Waals surface area contributed by atoms with E-state index in [9.17, 15) is 0 Å². The van der Waals surface area contributed by atoms with Gasteiger partial charge in [0.2, 0.25) is 5.95 Å². The fraction of sp³-hybridized carbons (Fsp3) is 0.273. The molecule has 2 rings (SSSR count). The van der Waals surface area contributed by atoms with E-state index in [4.69, 9.17) is 9.15 Å². The summed E-state index contributed by atoms with van der Waals surface area (Å²) < 4.78 is 10.4. The van der Waals surface area contributed by atoms with Gasteiger partial charge in [0.1, 0.15) is 11.8 Å². The Balaban J connectivity index is 2.09. The first-order valence-electron chi connectivity index (χ1n) is 4.96. The number of furan rings is 1. The molecule has 1 atom stereocenters. The number of hydrogen-bond donors (Lipinski definition) is 1. The molecule has 5 nitrogen and oxygen atoms in total. The summed E-state index contributed by atoms with van der Waals surface area (Å²) in [5, 5.41) is 3.14. The van der Waals surface area contributed by atoms with E-state index in [2.05, 4.69) is 15.3 Å². The lowest BCUT2D eigenvalue weighted by atomic mass is 10.2.